The van der Waals surface area contributed by atoms with Crippen LogP contribution in [0, 0.1) is 0 Å². The van der Waals surface area contributed by atoms with Crippen molar-refractivity contribution in [3.05, 3.63) is 97.2 Å². The molecule has 0 aliphatic heterocycles. The third-order valence-electron chi connectivity index (χ3n) is 4.85. The van der Waals surface area contributed by atoms with Gasteiger partial charge < -0.3 is 0 Å². The number of benzene rings is 3. The van der Waals surface area contributed by atoms with Crippen molar-refractivity contribution in [3.63, 3.8) is 0 Å². The summed E-state index contributed by atoms with van der Waals surface area (Å²) in [6, 6.07) is 19.6. The lowest BCUT2D eigenvalue weighted by Gasteiger charge is -2.13. The van der Waals surface area contributed by atoms with Crippen LogP contribution < -0.4 is 11.0 Å². The molecular formula is C24H17BrCl2N4O2S. The van der Waals surface area contributed by atoms with Gasteiger partial charge in [0.25, 0.3) is 11.5 Å². The Bertz CT molecular complexity index is 1470. The Hall–Kier alpha value is -2.65. The maximum atomic E-state index is 13.3. The minimum Gasteiger partial charge on any atom is -0.272 e. The number of nitrogens with zero attached hydrogens (tertiary/aromatic N) is 3. The normalized spacial score (nSPS) is 11.6. The Kier molecular flexibility index (Phi) is 7.73. The maximum absolute atomic E-state index is 13.3. The van der Waals surface area contributed by atoms with Crippen molar-refractivity contribution in [1.29, 1.82) is 0 Å². The van der Waals surface area contributed by atoms with E-state index in [1.165, 1.54) is 4.57 Å². The number of carbonyl (C=O) groups is 1. The van der Waals surface area contributed by atoms with Crippen molar-refractivity contribution in [2.24, 2.45) is 5.10 Å². The van der Waals surface area contributed by atoms with E-state index in [0.29, 0.717) is 37.5 Å². The summed E-state index contributed by atoms with van der Waals surface area (Å²) in [4.78, 5) is 30.4. The van der Waals surface area contributed by atoms with Gasteiger partial charge in [0.05, 0.1) is 38.1 Å². The molecule has 3 aromatic carbocycles. The number of halogens is 3. The van der Waals surface area contributed by atoms with Crippen LogP contribution in [0.15, 0.2) is 86.3 Å². The lowest BCUT2D eigenvalue weighted by molar-refractivity contribution is -0.118. The topological polar surface area (TPSA) is 76.3 Å². The summed E-state index contributed by atoms with van der Waals surface area (Å²) in [6.45, 7) is 1.75. The fourth-order valence-electron chi connectivity index (χ4n) is 3.12. The third kappa shape index (κ3) is 5.52. The van der Waals surface area contributed by atoms with Crippen molar-refractivity contribution >= 4 is 73.4 Å². The van der Waals surface area contributed by atoms with Crippen LogP contribution >= 0.6 is 50.9 Å². The first-order valence-corrected chi connectivity index (χ1v) is 12.6. The SMILES string of the molecule is CC(=NNC(=O)CSc1nc2ccccc2c(=O)n1-c1ccc(Br)cc1)c1ccc(Cl)c(Cl)c1. The molecule has 0 fully saturated rings. The van der Waals surface area contributed by atoms with Crippen molar-refractivity contribution in [3.8, 4) is 5.69 Å². The minimum atomic E-state index is -0.339. The number of nitrogens with one attached hydrogen (secondary N) is 1. The van der Waals surface area contributed by atoms with Crippen molar-refractivity contribution < 1.29 is 4.79 Å². The summed E-state index contributed by atoms with van der Waals surface area (Å²) in [6.07, 6.45) is 0. The zero-order valence-electron chi connectivity index (χ0n) is 17.8. The molecule has 1 aromatic heterocycles. The van der Waals surface area contributed by atoms with Gasteiger partial charge in [0, 0.05) is 4.47 Å². The summed E-state index contributed by atoms with van der Waals surface area (Å²) >= 11 is 16.6. The third-order valence-corrected chi connectivity index (χ3v) is 7.05. The second-order valence-electron chi connectivity index (χ2n) is 7.18. The molecular weight excluding hydrogens is 559 g/mol. The standard InChI is InChI=1S/C24H17BrCl2N4O2S/c1-14(15-6-11-19(26)20(27)12-15)29-30-22(32)13-34-24-28-21-5-3-2-4-18(21)23(33)31(24)17-9-7-16(25)8-10-17/h2-12H,13H2,1H3,(H,30,32). The van der Waals surface area contributed by atoms with Gasteiger partial charge in [0.2, 0.25) is 0 Å². The number of thioether (sulfide) groups is 1. The maximum Gasteiger partial charge on any atom is 0.266 e. The smallest absolute Gasteiger partial charge is 0.266 e. The molecule has 0 bridgehead atoms. The van der Waals surface area contributed by atoms with Gasteiger partial charge in [-0.1, -0.05) is 69.1 Å². The van der Waals surface area contributed by atoms with Crippen molar-refractivity contribution in [1.82, 2.24) is 15.0 Å². The van der Waals surface area contributed by atoms with E-state index in [1.54, 1.807) is 43.3 Å². The molecule has 4 rings (SSSR count). The molecule has 0 atom stereocenters. The van der Waals surface area contributed by atoms with Gasteiger partial charge in [-0.25, -0.2) is 10.4 Å². The number of para-hydroxylation sites is 1. The lowest BCUT2D eigenvalue weighted by Crippen LogP contribution is -2.24. The second-order valence-corrected chi connectivity index (χ2v) is 9.85. The number of hydrogen-bond donors (Lipinski definition) is 1. The van der Waals surface area contributed by atoms with Crippen LogP contribution in [0.4, 0.5) is 0 Å². The van der Waals surface area contributed by atoms with Gasteiger partial charge in [0.15, 0.2) is 5.16 Å². The van der Waals surface area contributed by atoms with Crippen LogP contribution in [0.5, 0.6) is 0 Å². The first-order valence-electron chi connectivity index (χ1n) is 10.0. The van der Waals surface area contributed by atoms with E-state index in [9.17, 15) is 9.59 Å². The van der Waals surface area contributed by atoms with E-state index in [0.717, 1.165) is 21.8 Å². The predicted molar refractivity (Wildman–Crippen MR) is 143 cm³/mol. The highest BCUT2D eigenvalue weighted by atomic mass is 79.9. The van der Waals surface area contributed by atoms with Crippen LogP contribution in [0.1, 0.15) is 12.5 Å². The first-order chi connectivity index (χ1) is 16.3. The summed E-state index contributed by atoms with van der Waals surface area (Å²) in [7, 11) is 0. The van der Waals surface area contributed by atoms with E-state index in [1.807, 2.05) is 30.3 Å². The molecule has 0 aliphatic rings. The number of hydrogen-bond acceptors (Lipinski definition) is 5. The molecule has 4 aromatic rings. The largest absolute Gasteiger partial charge is 0.272 e. The minimum absolute atomic E-state index is 0.0134. The van der Waals surface area contributed by atoms with Gasteiger partial charge in [-0.15, -0.1) is 0 Å². The number of aromatic nitrogens is 2. The van der Waals surface area contributed by atoms with Gasteiger partial charge in [-0.2, -0.15) is 5.10 Å². The van der Waals surface area contributed by atoms with E-state index in [-0.39, 0.29) is 17.2 Å². The van der Waals surface area contributed by atoms with Gasteiger partial charge in [0.1, 0.15) is 0 Å². The van der Waals surface area contributed by atoms with Gasteiger partial charge in [-0.05, 0) is 61.0 Å². The molecule has 172 valence electrons. The Balaban J connectivity index is 1.57. The average molecular weight is 576 g/mol. The Morgan fingerprint density at radius 3 is 2.56 bits per heavy atom. The fourth-order valence-corrected chi connectivity index (χ4v) is 4.49. The summed E-state index contributed by atoms with van der Waals surface area (Å²) < 4.78 is 2.40. The van der Waals surface area contributed by atoms with Gasteiger partial charge >= 0.3 is 0 Å². The Morgan fingerprint density at radius 2 is 1.82 bits per heavy atom. The number of amides is 1. The average Bonchev–Trinajstić information content (AvgIpc) is 2.84. The number of fused-ring (bicyclic) bond motifs is 1. The fraction of sp³-hybridized carbons (Fsp3) is 0.0833. The highest BCUT2D eigenvalue weighted by molar-refractivity contribution is 9.10. The Labute approximate surface area is 218 Å². The van der Waals surface area contributed by atoms with E-state index >= 15 is 0 Å². The highest BCUT2D eigenvalue weighted by Crippen LogP contribution is 2.24. The molecule has 1 N–H and O–H groups in total. The lowest BCUT2D eigenvalue weighted by atomic mass is 10.1. The molecule has 6 nitrogen and oxygen atoms in total. The number of rotatable bonds is 6. The number of hydrazone groups is 1. The van der Waals surface area contributed by atoms with Gasteiger partial charge in [-0.3, -0.25) is 14.2 Å². The zero-order valence-corrected chi connectivity index (χ0v) is 21.7. The van der Waals surface area contributed by atoms with E-state index in [2.05, 4.69) is 31.4 Å². The molecule has 0 unspecified atom stereocenters. The quantitative estimate of drug-likeness (QED) is 0.131. The molecule has 1 heterocycles. The summed E-state index contributed by atoms with van der Waals surface area (Å²) in [5.74, 6) is -0.325. The zero-order chi connectivity index (χ0) is 24.2. The molecule has 0 spiro atoms. The van der Waals surface area contributed by atoms with Crippen LogP contribution in [0.3, 0.4) is 0 Å². The highest BCUT2D eigenvalue weighted by Gasteiger charge is 2.15. The van der Waals surface area contributed by atoms with Crippen molar-refractivity contribution in [2.45, 2.75) is 12.1 Å². The van der Waals surface area contributed by atoms with Crippen LogP contribution in [-0.4, -0.2) is 26.9 Å². The van der Waals surface area contributed by atoms with Crippen molar-refractivity contribution in [2.75, 3.05) is 5.75 Å². The van der Waals surface area contributed by atoms with Crippen LogP contribution in [0.2, 0.25) is 10.0 Å². The first kappa shape index (κ1) is 24.5. The number of carbonyl (C=O) groups excluding carboxylic acids is 1. The molecule has 0 saturated heterocycles. The molecule has 34 heavy (non-hydrogen) atoms. The Morgan fingerprint density at radius 1 is 1.09 bits per heavy atom. The summed E-state index contributed by atoms with van der Waals surface area (Å²) in [5, 5.41) is 5.90. The molecule has 10 heteroatoms. The molecule has 1 amide bonds. The molecule has 0 radical (unpaired) electrons. The monoisotopic (exact) mass is 574 g/mol. The van der Waals surface area contributed by atoms with E-state index < -0.39 is 0 Å². The molecule has 0 aliphatic carbocycles. The van der Waals surface area contributed by atoms with E-state index in [4.69, 9.17) is 23.2 Å². The van der Waals surface area contributed by atoms with Crippen LogP contribution in [0.25, 0.3) is 16.6 Å². The second kappa shape index (κ2) is 10.7. The van der Waals surface area contributed by atoms with Crippen LogP contribution in [-0.2, 0) is 4.79 Å². The summed E-state index contributed by atoms with van der Waals surface area (Å²) in [5.41, 5.74) is 4.87. The predicted octanol–water partition coefficient (Wildman–Crippen LogP) is 6.09. The molecule has 0 saturated carbocycles.